The van der Waals surface area contributed by atoms with E-state index in [2.05, 4.69) is 23.7 Å². The Balaban J connectivity index is 3.81. The lowest BCUT2D eigenvalue weighted by molar-refractivity contribution is 0.228. The summed E-state index contributed by atoms with van der Waals surface area (Å²) in [6, 6.07) is 0. The Bertz CT molecular complexity index is 244. The Kier molecular flexibility index (Phi) is 7.08. The highest BCUT2D eigenvalue weighted by Crippen LogP contribution is 1.83. The monoisotopic (exact) mass is 164 g/mol. The highest BCUT2D eigenvalue weighted by atomic mass is 16.3. The van der Waals surface area contributed by atoms with Crippen LogP contribution in [0.15, 0.2) is 12.2 Å². The Morgan fingerprint density at radius 1 is 1.42 bits per heavy atom. The summed E-state index contributed by atoms with van der Waals surface area (Å²) in [4.78, 5) is 0. The van der Waals surface area contributed by atoms with E-state index in [1.165, 1.54) is 12.2 Å². The van der Waals surface area contributed by atoms with E-state index < -0.39 is 6.10 Å². The molecule has 0 aliphatic carbocycles. The van der Waals surface area contributed by atoms with Gasteiger partial charge in [-0.1, -0.05) is 24.8 Å². The van der Waals surface area contributed by atoms with Crippen LogP contribution in [0, 0.1) is 23.7 Å². The first-order valence-electron chi connectivity index (χ1n) is 3.76. The van der Waals surface area contributed by atoms with Crippen molar-refractivity contribution in [2.75, 3.05) is 6.61 Å². The van der Waals surface area contributed by atoms with Crippen molar-refractivity contribution in [2.45, 2.75) is 19.4 Å². The molecule has 0 bridgehead atoms. The summed E-state index contributed by atoms with van der Waals surface area (Å²) in [5.74, 6) is 10.2. The van der Waals surface area contributed by atoms with E-state index in [-0.39, 0.29) is 6.61 Å². The third-order valence-corrected chi connectivity index (χ3v) is 1.07. The molecule has 0 aromatic carbocycles. The summed E-state index contributed by atoms with van der Waals surface area (Å²) < 4.78 is 0. The number of rotatable bonds is 2. The Hall–Kier alpha value is -1.22. The second-order valence-corrected chi connectivity index (χ2v) is 2.05. The Labute approximate surface area is 72.9 Å². The molecule has 0 aliphatic heterocycles. The van der Waals surface area contributed by atoms with E-state index in [4.69, 9.17) is 10.2 Å². The molecule has 0 spiro atoms. The van der Waals surface area contributed by atoms with Gasteiger partial charge in [0.2, 0.25) is 0 Å². The first-order chi connectivity index (χ1) is 5.81. The third kappa shape index (κ3) is 6.89. The van der Waals surface area contributed by atoms with Crippen molar-refractivity contribution in [1.82, 2.24) is 0 Å². The molecule has 0 fully saturated rings. The maximum absolute atomic E-state index is 8.96. The van der Waals surface area contributed by atoms with Gasteiger partial charge in [-0.05, 0) is 24.3 Å². The molecule has 0 rings (SSSR count). The average Bonchev–Trinajstić information content (AvgIpc) is 2.10. The van der Waals surface area contributed by atoms with E-state index in [1.807, 2.05) is 6.92 Å². The molecule has 2 heteroatoms. The van der Waals surface area contributed by atoms with Crippen molar-refractivity contribution in [3.05, 3.63) is 12.2 Å². The van der Waals surface area contributed by atoms with Crippen molar-refractivity contribution in [3.8, 4) is 23.7 Å². The molecule has 1 atom stereocenters. The van der Waals surface area contributed by atoms with Crippen molar-refractivity contribution in [1.29, 1.82) is 0 Å². The molecule has 0 saturated heterocycles. The molecule has 0 amide bonds. The van der Waals surface area contributed by atoms with E-state index in [1.54, 1.807) is 0 Å². The topological polar surface area (TPSA) is 40.5 Å². The summed E-state index contributed by atoms with van der Waals surface area (Å²) >= 11 is 0. The first-order valence-corrected chi connectivity index (χ1v) is 3.76. The summed E-state index contributed by atoms with van der Waals surface area (Å²) in [6.45, 7) is 1.83. The van der Waals surface area contributed by atoms with Crippen LogP contribution < -0.4 is 0 Å². The van der Waals surface area contributed by atoms with Gasteiger partial charge in [0.15, 0.2) is 0 Å². The van der Waals surface area contributed by atoms with Crippen molar-refractivity contribution in [2.24, 2.45) is 0 Å². The molecule has 64 valence electrons. The van der Waals surface area contributed by atoms with Crippen molar-refractivity contribution in [3.63, 3.8) is 0 Å². The number of aliphatic hydroxyl groups excluding tert-OH is 2. The van der Waals surface area contributed by atoms with Gasteiger partial charge in [0.05, 0.1) is 6.61 Å². The molecule has 2 N–H and O–H groups in total. The minimum Gasteiger partial charge on any atom is -0.392 e. The fraction of sp³-hybridized carbons (Fsp3) is 0.400. The van der Waals surface area contributed by atoms with Crippen molar-refractivity contribution < 1.29 is 10.2 Å². The standard InChI is InChI=1S/C10H12O2/c1-2-10(12)8-6-4-3-5-7-9-11/h5,7,10-12H,2,9H2,1H3/t10-/m1/s1. The molecule has 0 radical (unpaired) electrons. The molecule has 0 unspecified atom stereocenters. The normalized spacial score (nSPS) is 11.2. The zero-order valence-electron chi connectivity index (χ0n) is 7.04. The highest BCUT2D eigenvalue weighted by molar-refractivity contribution is 5.31. The number of aliphatic hydroxyl groups is 2. The van der Waals surface area contributed by atoms with Crippen LogP contribution in [0.5, 0.6) is 0 Å². The molecule has 0 aromatic rings. The second-order valence-electron chi connectivity index (χ2n) is 2.05. The zero-order chi connectivity index (χ0) is 9.23. The maximum Gasteiger partial charge on any atom is 0.115 e. The van der Waals surface area contributed by atoms with Crippen LogP contribution in [0.4, 0.5) is 0 Å². The van der Waals surface area contributed by atoms with Crippen LogP contribution in [0.2, 0.25) is 0 Å². The van der Waals surface area contributed by atoms with Crippen LogP contribution in [0.3, 0.4) is 0 Å². The predicted molar refractivity (Wildman–Crippen MR) is 48.1 cm³/mol. The lowest BCUT2D eigenvalue weighted by Crippen LogP contribution is -1.98. The fourth-order valence-corrected chi connectivity index (χ4v) is 0.411. The lowest BCUT2D eigenvalue weighted by Gasteiger charge is -1.91. The van der Waals surface area contributed by atoms with Crippen LogP contribution in [-0.4, -0.2) is 22.9 Å². The van der Waals surface area contributed by atoms with Gasteiger partial charge in [-0.3, -0.25) is 0 Å². The van der Waals surface area contributed by atoms with Gasteiger partial charge < -0.3 is 10.2 Å². The van der Waals surface area contributed by atoms with E-state index in [0.717, 1.165) is 0 Å². The Morgan fingerprint density at radius 3 is 2.75 bits per heavy atom. The van der Waals surface area contributed by atoms with Crippen LogP contribution in [0.25, 0.3) is 0 Å². The van der Waals surface area contributed by atoms with Gasteiger partial charge in [-0.15, -0.1) is 0 Å². The number of hydrogen-bond donors (Lipinski definition) is 2. The van der Waals surface area contributed by atoms with Gasteiger partial charge in [0.1, 0.15) is 6.10 Å². The van der Waals surface area contributed by atoms with E-state index >= 15 is 0 Å². The summed E-state index contributed by atoms with van der Waals surface area (Å²) in [5, 5.41) is 17.3. The van der Waals surface area contributed by atoms with Crippen LogP contribution in [-0.2, 0) is 0 Å². The van der Waals surface area contributed by atoms with Gasteiger partial charge in [0.25, 0.3) is 0 Å². The SMILES string of the molecule is CC[C@@H](O)C#CC#CC=CCO. The third-order valence-electron chi connectivity index (χ3n) is 1.07. The predicted octanol–water partition coefficient (Wildman–Crippen LogP) is 0.313. The van der Waals surface area contributed by atoms with E-state index in [0.29, 0.717) is 6.42 Å². The van der Waals surface area contributed by atoms with Crippen molar-refractivity contribution >= 4 is 0 Å². The molecule has 2 nitrogen and oxygen atoms in total. The van der Waals surface area contributed by atoms with Gasteiger partial charge in [0, 0.05) is 0 Å². The maximum atomic E-state index is 8.96. The zero-order valence-corrected chi connectivity index (χ0v) is 7.04. The minimum absolute atomic E-state index is 0.0142. The summed E-state index contributed by atoms with van der Waals surface area (Å²) in [5.41, 5.74) is 0. The van der Waals surface area contributed by atoms with E-state index in [9.17, 15) is 0 Å². The molecule has 0 aliphatic rings. The Morgan fingerprint density at radius 2 is 2.17 bits per heavy atom. The average molecular weight is 164 g/mol. The molecule has 0 aromatic heterocycles. The van der Waals surface area contributed by atoms with Gasteiger partial charge in [-0.25, -0.2) is 0 Å². The number of allylic oxidation sites excluding steroid dienone is 1. The smallest absolute Gasteiger partial charge is 0.115 e. The molecular formula is C10H12O2. The fourth-order valence-electron chi connectivity index (χ4n) is 0.411. The van der Waals surface area contributed by atoms with Gasteiger partial charge >= 0.3 is 0 Å². The largest absolute Gasteiger partial charge is 0.392 e. The number of hydrogen-bond acceptors (Lipinski definition) is 2. The van der Waals surface area contributed by atoms with Crippen LogP contribution >= 0.6 is 0 Å². The second kappa shape index (κ2) is 7.88. The van der Waals surface area contributed by atoms with Gasteiger partial charge in [-0.2, -0.15) is 0 Å². The van der Waals surface area contributed by atoms with Crippen LogP contribution in [0.1, 0.15) is 13.3 Å². The molecule has 12 heavy (non-hydrogen) atoms. The minimum atomic E-state index is -0.582. The molecule has 0 saturated carbocycles. The lowest BCUT2D eigenvalue weighted by atomic mass is 10.3. The summed E-state index contributed by atoms with van der Waals surface area (Å²) in [7, 11) is 0. The quantitative estimate of drug-likeness (QED) is 0.577. The molecular weight excluding hydrogens is 152 g/mol. The summed E-state index contributed by atoms with van der Waals surface area (Å²) in [6.07, 6.45) is 3.07. The highest BCUT2D eigenvalue weighted by Gasteiger charge is 1.88. The molecule has 0 heterocycles. The first kappa shape index (κ1) is 10.8.